The number of ether oxygens (including phenoxy) is 1. The fourth-order valence-electron chi connectivity index (χ4n) is 17.8. The lowest BCUT2D eigenvalue weighted by Gasteiger charge is -2.62. The quantitative estimate of drug-likeness (QED) is 0.138. The van der Waals surface area contributed by atoms with Crippen LogP contribution < -0.4 is 0 Å². The third-order valence-corrected chi connectivity index (χ3v) is 20.7. The highest BCUT2D eigenvalue weighted by molar-refractivity contribution is 5.69. The predicted octanol–water partition coefficient (Wildman–Crippen LogP) is 9.34. The highest BCUT2D eigenvalue weighted by atomic mass is 16.5. The number of hydrogen-bond acceptors (Lipinski definition) is 6. The lowest BCUT2D eigenvalue weighted by molar-refractivity contribution is -0.174. The van der Waals surface area contributed by atoms with Gasteiger partial charge in [-0.3, -0.25) is 4.79 Å². The number of rotatable bonds is 9. The van der Waals surface area contributed by atoms with E-state index in [0.29, 0.717) is 84.0 Å². The molecule has 0 aromatic rings. The molecule has 0 heterocycles. The minimum atomic E-state index is -0.239. The van der Waals surface area contributed by atoms with Gasteiger partial charge >= 0.3 is 5.97 Å². The molecule has 8 aliphatic carbocycles. The molecule has 0 aromatic carbocycles. The molecule has 0 aromatic heterocycles. The molecule has 0 saturated heterocycles. The monoisotopic (exact) mass is 753 g/mol. The van der Waals surface area contributed by atoms with Gasteiger partial charge in [-0.1, -0.05) is 41.5 Å². The van der Waals surface area contributed by atoms with Crippen molar-refractivity contribution in [1.82, 2.24) is 0 Å². The fraction of sp³-hybridized carbons (Fsp3) is 0.979. The summed E-state index contributed by atoms with van der Waals surface area (Å²) in [4.78, 5) is 13.1. The molecule has 8 fully saturated rings. The summed E-state index contributed by atoms with van der Waals surface area (Å²) in [5.74, 6) is 6.37. The van der Waals surface area contributed by atoms with Crippen LogP contribution in [-0.2, 0) is 9.53 Å². The van der Waals surface area contributed by atoms with Crippen molar-refractivity contribution in [2.75, 3.05) is 6.61 Å². The summed E-state index contributed by atoms with van der Waals surface area (Å²) in [5, 5.41) is 44.1. The van der Waals surface area contributed by atoms with E-state index in [2.05, 4.69) is 41.5 Å². The van der Waals surface area contributed by atoms with Gasteiger partial charge in [0.15, 0.2) is 0 Å². The zero-order valence-electron chi connectivity index (χ0n) is 35.2. The molecule has 54 heavy (non-hydrogen) atoms. The van der Waals surface area contributed by atoms with Gasteiger partial charge in [0, 0.05) is 6.42 Å². The molecular weight excluding hydrogens is 673 g/mol. The van der Waals surface area contributed by atoms with Crippen molar-refractivity contribution in [3.63, 3.8) is 0 Å². The summed E-state index contributed by atoms with van der Waals surface area (Å²) in [5.41, 5.74) is 1.06. The maximum Gasteiger partial charge on any atom is 0.305 e. The van der Waals surface area contributed by atoms with Crippen LogP contribution in [0, 0.1) is 92.7 Å². The molecule has 4 unspecified atom stereocenters. The molecule has 20 atom stereocenters. The molecule has 308 valence electrons. The van der Waals surface area contributed by atoms with Crippen molar-refractivity contribution in [2.45, 2.75) is 194 Å². The number of carbonyl (C=O) groups is 1. The highest BCUT2D eigenvalue weighted by Gasteiger charge is 2.64. The normalized spacial score (nSPS) is 53.5. The molecule has 0 aliphatic heterocycles. The summed E-state index contributed by atoms with van der Waals surface area (Å²) in [6.45, 7) is 15.4. The first-order chi connectivity index (χ1) is 25.6. The van der Waals surface area contributed by atoms with E-state index in [1.54, 1.807) is 0 Å². The van der Waals surface area contributed by atoms with Crippen molar-refractivity contribution in [3.05, 3.63) is 0 Å². The first-order valence-corrected chi connectivity index (χ1v) is 23.5. The summed E-state index contributed by atoms with van der Waals surface area (Å²) in [6, 6.07) is 0. The first-order valence-electron chi connectivity index (χ1n) is 23.5. The lowest BCUT2D eigenvalue weighted by Crippen LogP contribution is -2.58. The van der Waals surface area contributed by atoms with Crippen molar-refractivity contribution in [1.29, 1.82) is 0 Å². The van der Waals surface area contributed by atoms with Gasteiger partial charge < -0.3 is 25.2 Å². The van der Waals surface area contributed by atoms with E-state index >= 15 is 0 Å². The predicted molar refractivity (Wildman–Crippen MR) is 213 cm³/mol. The third kappa shape index (κ3) is 6.50. The maximum absolute atomic E-state index is 13.1. The average molecular weight is 753 g/mol. The van der Waals surface area contributed by atoms with Crippen molar-refractivity contribution >= 4 is 5.97 Å². The molecule has 6 nitrogen and oxygen atoms in total. The number of esters is 1. The Morgan fingerprint density at radius 3 is 1.48 bits per heavy atom. The number of fused-ring (bicyclic) bond motifs is 10. The number of aliphatic hydroxyl groups excluding tert-OH is 4. The van der Waals surface area contributed by atoms with Crippen LogP contribution in [0.15, 0.2) is 0 Å². The van der Waals surface area contributed by atoms with Crippen LogP contribution in [0.2, 0.25) is 0 Å². The van der Waals surface area contributed by atoms with Gasteiger partial charge in [-0.05, 0) is 215 Å². The highest BCUT2D eigenvalue weighted by Crippen LogP contribution is 2.70. The Hall–Kier alpha value is -0.690. The Morgan fingerprint density at radius 1 is 0.574 bits per heavy atom. The van der Waals surface area contributed by atoms with Gasteiger partial charge in [0.05, 0.1) is 31.0 Å². The average Bonchev–Trinajstić information content (AvgIpc) is 3.67. The van der Waals surface area contributed by atoms with E-state index in [0.717, 1.165) is 70.6 Å². The fourth-order valence-corrected chi connectivity index (χ4v) is 17.8. The molecule has 8 rings (SSSR count). The Morgan fingerprint density at radius 2 is 1.00 bits per heavy atom. The van der Waals surface area contributed by atoms with Crippen molar-refractivity contribution < 1.29 is 30.0 Å². The summed E-state index contributed by atoms with van der Waals surface area (Å²) in [6.07, 6.45) is 20.1. The molecular formula is C48H80O6. The van der Waals surface area contributed by atoms with Gasteiger partial charge in [-0.2, -0.15) is 0 Å². The standard InChI is InChI=1S/C48H80O6/c1-28(34-10-12-36-43-38(17-21-47(34,36)5)45(3)19-15-32(49)24-30(45)26-40(43)51)8-7-23-54-42(53)14-9-29(2)35-11-13-37-44-39(18-22-48(35,37)6)46(4)20-16-33(50)25-31(46)27-41(44)52/h28-41,43-44,49-52H,7-27H2,1-6H3/t28-,29+,30?,31?,32-,33+,34-,35+,36?,37?,38+,39-,40+,41-,43+,44-,45+,46-,47-,48+/m0/s1. The zero-order chi connectivity index (χ0) is 38.4. The van der Waals surface area contributed by atoms with E-state index in [4.69, 9.17) is 4.74 Å². The first kappa shape index (κ1) is 40.1. The molecule has 0 spiro atoms. The largest absolute Gasteiger partial charge is 0.466 e. The van der Waals surface area contributed by atoms with Crippen LogP contribution in [-0.4, -0.2) is 57.4 Å². The SMILES string of the molecule is C[C@H](CCC(=O)OCCC[C@H](C)[C@@H]1CCC2[C@H]3[C@H](O)CC4C[C@@H](O)CC[C@@]4(C)[C@@H]3CC[C@]21C)[C@H]1CCC2[C@@H]3[C@@H](O)CC4C[C@H](O)CC[C@]4(C)[C@H]3CC[C@@]21C. The van der Waals surface area contributed by atoms with Crippen LogP contribution in [0.25, 0.3) is 0 Å². The summed E-state index contributed by atoms with van der Waals surface area (Å²) < 4.78 is 5.90. The minimum Gasteiger partial charge on any atom is -0.466 e. The molecule has 0 amide bonds. The second kappa shape index (κ2) is 14.8. The Labute approximate surface area is 328 Å². The van der Waals surface area contributed by atoms with Gasteiger partial charge in [0.25, 0.3) is 0 Å². The molecule has 0 radical (unpaired) electrons. The molecule has 8 saturated carbocycles. The van der Waals surface area contributed by atoms with Crippen LogP contribution in [0.4, 0.5) is 0 Å². The molecule has 4 N–H and O–H groups in total. The smallest absolute Gasteiger partial charge is 0.305 e. The van der Waals surface area contributed by atoms with Gasteiger partial charge in [0.2, 0.25) is 0 Å². The molecule has 6 heteroatoms. The van der Waals surface area contributed by atoms with E-state index in [1.165, 1.54) is 51.4 Å². The van der Waals surface area contributed by atoms with Crippen LogP contribution in [0.5, 0.6) is 0 Å². The van der Waals surface area contributed by atoms with Gasteiger partial charge in [-0.15, -0.1) is 0 Å². The molecule has 8 aliphatic rings. The summed E-state index contributed by atoms with van der Waals surface area (Å²) >= 11 is 0. The maximum atomic E-state index is 13.1. The van der Waals surface area contributed by atoms with Crippen LogP contribution >= 0.6 is 0 Å². The lowest BCUT2D eigenvalue weighted by atomic mass is 9.43. The van der Waals surface area contributed by atoms with E-state index in [1.807, 2.05) is 0 Å². The van der Waals surface area contributed by atoms with Crippen molar-refractivity contribution in [3.8, 4) is 0 Å². The Kier molecular flexibility index (Phi) is 11.0. The minimum absolute atomic E-state index is 0.0291. The van der Waals surface area contributed by atoms with Crippen LogP contribution in [0.3, 0.4) is 0 Å². The number of carbonyl (C=O) groups excluding carboxylic acids is 1. The van der Waals surface area contributed by atoms with E-state index in [9.17, 15) is 25.2 Å². The van der Waals surface area contributed by atoms with Gasteiger partial charge in [-0.25, -0.2) is 0 Å². The second-order valence-corrected chi connectivity index (χ2v) is 22.8. The number of hydrogen-bond donors (Lipinski definition) is 4. The van der Waals surface area contributed by atoms with E-state index < -0.39 is 0 Å². The number of aliphatic hydroxyl groups is 4. The van der Waals surface area contributed by atoms with E-state index in [-0.39, 0.29) is 52.0 Å². The molecule has 0 bridgehead atoms. The Balaban J connectivity index is 0.791. The van der Waals surface area contributed by atoms with Crippen LogP contribution in [0.1, 0.15) is 170 Å². The Bertz CT molecular complexity index is 1350. The van der Waals surface area contributed by atoms with Gasteiger partial charge in [0.1, 0.15) is 0 Å². The third-order valence-electron chi connectivity index (χ3n) is 20.7. The topological polar surface area (TPSA) is 107 Å². The second-order valence-electron chi connectivity index (χ2n) is 22.8. The zero-order valence-corrected chi connectivity index (χ0v) is 35.2. The summed E-state index contributed by atoms with van der Waals surface area (Å²) in [7, 11) is 0. The van der Waals surface area contributed by atoms with Crippen molar-refractivity contribution in [2.24, 2.45) is 92.7 Å².